The van der Waals surface area contributed by atoms with Crippen LogP contribution in [-0.4, -0.2) is 18.1 Å². The number of rotatable bonds is 4. The summed E-state index contributed by atoms with van der Waals surface area (Å²) in [4.78, 5) is 0. The van der Waals surface area contributed by atoms with E-state index in [9.17, 15) is 13.2 Å². The van der Waals surface area contributed by atoms with E-state index < -0.39 is 6.36 Å². The topological polar surface area (TPSA) is 44.5 Å². The van der Waals surface area contributed by atoms with E-state index in [4.69, 9.17) is 9.26 Å². The van der Waals surface area contributed by atoms with E-state index in [0.29, 0.717) is 23.5 Å². The van der Waals surface area contributed by atoms with Gasteiger partial charge < -0.3 is 14.0 Å². The number of ether oxygens (including phenoxy) is 2. The molecule has 1 aromatic heterocycles. The predicted octanol–water partition coefficient (Wildman–Crippen LogP) is 4.79. The summed E-state index contributed by atoms with van der Waals surface area (Å²) in [6, 6.07) is 11.0. The van der Waals surface area contributed by atoms with Crippen LogP contribution >= 0.6 is 0 Å². The zero-order chi connectivity index (χ0) is 16.4. The summed E-state index contributed by atoms with van der Waals surface area (Å²) in [5.74, 6) is 0.128. The Kier molecular flexibility index (Phi) is 3.85. The zero-order valence-corrected chi connectivity index (χ0v) is 12.1. The lowest BCUT2D eigenvalue weighted by Crippen LogP contribution is -2.16. The molecule has 0 fully saturated rings. The minimum absolute atomic E-state index is 0.262. The van der Waals surface area contributed by atoms with Crippen molar-refractivity contribution in [3.63, 3.8) is 0 Å². The van der Waals surface area contributed by atoms with E-state index >= 15 is 0 Å². The van der Waals surface area contributed by atoms with E-state index in [-0.39, 0.29) is 5.75 Å². The molecule has 120 valence electrons. The largest absolute Gasteiger partial charge is 0.573 e. The maximum Gasteiger partial charge on any atom is 0.573 e. The highest BCUT2D eigenvalue weighted by Gasteiger charge is 2.30. The molecule has 0 saturated heterocycles. The van der Waals surface area contributed by atoms with Gasteiger partial charge in [-0.3, -0.25) is 0 Å². The van der Waals surface area contributed by atoms with Crippen LogP contribution in [0.25, 0.3) is 22.1 Å². The van der Waals surface area contributed by atoms with Crippen LogP contribution in [-0.2, 0) is 0 Å². The molecule has 0 saturated carbocycles. The third kappa shape index (κ3) is 3.39. The first-order valence-electron chi connectivity index (χ1n) is 6.84. The second-order valence-electron chi connectivity index (χ2n) is 4.70. The van der Waals surface area contributed by atoms with E-state index in [1.165, 1.54) is 12.1 Å². The molecule has 0 aliphatic carbocycles. The molecule has 1 heterocycles. The van der Waals surface area contributed by atoms with Crippen molar-refractivity contribution in [3.8, 4) is 22.8 Å². The third-order valence-corrected chi connectivity index (χ3v) is 3.14. The maximum absolute atomic E-state index is 12.2. The summed E-state index contributed by atoms with van der Waals surface area (Å²) >= 11 is 0. The van der Waals surface area contributed by atoms with Crippen molar-refractivity contribution in [2.45, 2.75) is 13.3 Å². The molecule has 23 heavy (non-hydrogen) atoms. The molecule has 0 aliphatic heterocycles. The molecule has 0 amide bonds. The summed E-state index contributed by atoms with van der Waals surface area (Å²) in [6.45, 7) is 2.29. The number of aromatic nitrogens is 1. The molecular weight excluding hydrogens is 311 g/mol. The fraction of sp³-hybridized carbons (Fsp3) is 0.188. The normalized spacial score (nSPS) is 11.7. The van der Waals surface area contributed by atoms with Gasteiger partial charge in [-0.2, -0.15) is 0 Å². The van der Waals surface area contributed by atoms with E-state index in [1.54, 1.807) is 24.3 Å². The Morgan fingerprint density at radius 2 is 1.74 bits per heavy atom. The molecule has 3 aromatic rings. The van der Waals surface area contributed by atoms with E-state index in [1.807, 2.05) is 13.0 Å². The highest BCUT2D eigenvalue weighted by Crippen LogP contribution is 2.31. The molecule has 0 bridgehead atoms. The van der Waals surface area contributed by atoms with Crippen LogP contribution in [0.3, 0.4) is 0 Å². The molecule has 0 aliphatic rings. The van der Waals surface area contributed by atoms with Gasteiger partial charge in [0.05, 0.1) is 12.0 Å². The van der Waals surface area contributed by atoms with Crippen LogP contribution in [0.1, 0.15) is 6.92 Å². The van der Waals surface area contributed by atoms with Gasteiger partial charge in [0.1, 0.15) is 5.75 Å². The van der Waals surface area contributed by atoms with Crippen LogP contribution in [0.5, 0.6) is 11.6 Å². The van der Waals surface area contributed by atoms with Crippen molar-refractivity contribution in [3.05, 3.63) is 42.5 Å². The van der Waals surface area contributed by atoms with Gasteiger partial charge in [0.15, 0.2) is 5.58 Å². The second kappa shape index (κ2) is 5.83. The van der Waals surface area contributed by atoms with Crippen molar-refractivity contribution in [2.24, 2.45) is 0 Å². The van der Waals surface area contributed by atoms with Crippen molar-refractivity contribution in [1.29, 1.82) is 0 Å². The van der Waals surface area contributed by atoms with Gasteiger partial charge in [-0.05, 0) is 47.5 Å². The molecule has 3 rings (SSSR count). The highest BCUT2D eigenvalue weighted by molar-refractivity contribution is 5.87. The Balaban J connectivity index is 1.91. The average molecular weight is 323 g/mol. The maximum atomic E-state index is 12.2. The van der Waals surface area contributed by atoms with Gasteiger partial charge in [-0.15, -0.1) is 13.2 Å². The molecule has 2 aromatic carbocycles. The van der Waals surface area contributed by atoms with Crippen LogP contribution in [0.15, 0.2) is 47.0 Å². The van der Waals surface area contributed by atoms with Crippen molar-refractivity contribution in [2.75, 3.05) is 6.61 Å². The zero-order valence-electron chi connectivity index (χ0n) is 12.1. The number of alkyl halides is 3. The Labute approximate surface area is 129 Å². The van der Waals surface area contributed by atoms with Crippen molar-refractivity contribution in [1.82, 2.24) is 5.16 Å². The molecular formula is C16H12F3NO3. The van der Waals surface area contributed by atoms with Gasteiger partial charge in [0.2, 0.25) is 0 Å². The number of halogens is 3. The number of hydrogen-bond acceptors (Lipinski definition) is 4. The lowest BCUT2D eigenvalue weighted by Gasteiger charge is -2.09. The van der Waals surface area contributed by atoms with E-state index in [0.717, 1.165) is 11.1 Å². The molecule has 0 radical (unpaired) electrons. The van der Waals surface area contributed by atoms with Gasteiger partial charge in [0.25, 0.3) is 5.88 Å². The molecule has 4 nitrogen and oxygen atoms in total. The molecule has 0 atom stereocenters. The fourth-order valence-electron chi connectivity index (χ4n) is 2.19. The van der Waals surface area contributed by atoms with Crippen LogP contribution in [0, 0.1) is 0 Å². The van der Waals surface area contributed by atoms with Gasteiger partial charge in [-0.1, -0.05) is 18.2 Å². The van der Waals surface area contributed by atoms with Crippen molar-refractivity contribution >= 4 is 11.0 Å². The smallest absolute Gasteiger partial charge is 0.475 e. The first-order chi connectivity index (χ1) is 11.0. The average Bonchev–Trinajstić information content (AvgIpc) is 2.89. The quantitative estimate of drug-likeness (QED) is 0.692. The summed E-state index contributed by atoms with van der Waals surface area (Å²) in [6.07, 6.45) is -4.70. The first kappa shape index (κ1) is 15.2. The summed E-state index contributed by atoms with van der Waals surface area (Å²) in [5, 5.41) is 4.54. The minimum Gasteiger partial charge on any atom is -0.475 e. The molecule has 0 N–H and O–H groups in total. The summed E-state index contributed by atoms with van der Waals surface area (Å²) in [7, 11) is 0. The Bertz CT molecular complexity index is 810. The van der Waals surface area contributed by atoms with E-state index in [2.05, 4.69) is 9.89 Å². The SMILES string of the molecule is CCOc1noc2ccc(-c3ccc(OC(F)(F)F)cc3)cc12. The van der Waals surface area contributed by atoms with Gasteiger partial charge in [0, 0.05) is 0 Å². The summed E-state index contributed by atoms with van der Waals surface area (Å²) in [5.41, 5.74) is 2.12. The van der Waals surface area contributed by atoms with Crippen molar-refractivity contribution < 1.29 is 27.2 Å². The monoisotopic (exact) mass is 323 g/mol. The second-order valence-corrected chi connectivity index (χ2v) is 4.70. The number of hydrogen-bond donors (Lipinski definition) is 0. The van der Waals surface area contributed by atoms with Crippen LogP contribution < -0.4 is 9.47 Å². The third-order valence-electron chi connectivity index (χ3n) is 3.14. The van der Waals surface area contributed by atoms with Gasteiger partial charge >= 0.3 is 6.36 Å². The number of benzene rings is 2. The first-order valence-corrected chi connectivity index (χ1v) is 6.84. The summed E-state index contributed by atoms with van der Waals surface area (Å²) < 4.78 is 50.9. The Morgan fingerprint density at radius 1 is 1.04 bits per heavy atom. The predicted molar refractivity (Wildman–Crippen MR) is 77.3 cm³/mol. The number of nitrogens with zero attached hydrogens (tertiary/aromatic N) is 1. The molecule has 0 unspecified atom stereocenters. The molecule has 7 heteroatoms. The van der Waals surface area contributed by atoms with Crippen LogP contribution in [0.4, 0.5) is 13.2 Å². The lowest BCUT2D eigenvalue weighted by atomic mass is 10.0. The molecule has 0 spiro atoms. The van der Waals surface area contributed by atoms with Crippen LogP contribution in [0.2, 0.25) is 0 Å². The minimum atomic E-state index is -4.70. The van der Waals surface area contributed by atoms with Gasteiger partial charge in [-0.25, -0.2) is 0 Å². The Morgan fingerprint density at radius 3 is 2.39 bits per heavy atom. The highest BCUT2D eigenvalue weighted by atomic mass is 19.4. The lowest BCUT2D eigenvalue weighted by molar-refractivity contribution is -0.274. The Hall–Kier alpha value is -2.70. The standard InChI is InChI=1S/C16H12F3NO3/c1-2-21-15-13-9-11(5-8-14(13)23-20-15)10-3-6-12(7-4-10)22-16(17,18)19/h3-9H,2H2,1H3. The number of fused-ring (bicyclic) bond motifs is 1. The fourth-order valence-corrected chi connectivity index (χ4v) is 2.19.